The largest absolute Gasteiger partial charge is 0.350 e. The molecular weight excluding hydrogens is 272 g/mol. The highest BCUT2D eigenvalue weighted by Crippen LogP contribution is 2.27. The first-order valence-electron chi connectivity index (χ1n) is 6.18. The van der Waals surface area contributed by atoms with Gasteiger partial charge in [0.1, 0.15) is 0 Å². The summed E-state index contributed by atoms with van der Waals surface area (Å²) >= 11 is 1.51. The van der Waals surface area contributed by atoms with Gasteiger partial charge in [-0.3, -0.25) is 5.21 Å². The van der Waals surface area contributed by atoms with Gasteiger partial charge in [-0.15, -0.1) is 11.3 Å². The molecule has 1 aromatic carbocycles. The van der Waals surface area contributed by atoms with Crippen LogP contribution in [0.15, 0.2) is 42.5 Å². The van der Waals surface area contributed by atoms with Crippen molar-refractivity contribution in [3.05, 3.63) is 57.8 Å². The van der Waals surface area contributed by atoms with Gasteiger partial charge >= 0.3 is 6.03 Å². The zero-order chi connectivity index (χ0) is 14.5. The molecule has 3 N–H and O–H groups in total. The highest BCUT2D eigenvalue weighted by atomic mass is 32.1. The van der Waals surface area contributed by atoms with Crippen molar-refractivity contribution in [1.29, 1.82) is 0 Å². The zero-order valence-electron chi connectivity index (χ0n) is 11.1. The first-order valence-corrected chi connectivity index (χ1v) is 7.00. The fourth-order valence-electron chi connectivity index (χ4n) is 1.74. The predicted octanol–water partition coefficient (Wildman–Crippen LogP) is 3.75. The molecule has 5 heteroatoms. The van der Waals surface area contributed by atoms with Crippen molar-refractivity contribution in [3.63, 3.8) is 0 Å². The minimum atomic E-state index is -0.854. The van der Waals surface area contributed by atoms with E-state index < -0.39 is 12.1 Å². The highest BCUT2D eigenvalue weighted by Gasteiger charge is 2.18. The molecule has 1 heterocycles. The number of nitrogens with zero attached hydrogens (tertiary/aromatic N) is 1. The molecule has 1 unspecified atom stereocenters. The molecule has 104 valence electrons. The first kappa shape index (κ1) is 14.3. The Hall–Kier alpha value is -2.11. The number of carbonyl (C=O) groups excluding carboxylic acids is 1. The van der Waals surface area contributed by atoms with Crippen molar-refractivity contribution in [1.82, 2.24) is 5.06 Å². The van der Waals surface area contributed by atoms with Gasteiger partial charge in [-0.2, -0.15) is 5.06 Å². The molecule has 0 aliphatic heterocycles. The van der Waals surface area contributed by atoms with E-state index in [0.29, 0.717) is 5.06 Å². The molecule has 1 aromatic heterocycles. The lowest BCUT2D eigenvalue weighted by atomic mass is 10.2. The van der Waals surface area contributed by atoms with Crippen molar-refractivity contribution in [2.45, 2.75) is 13.0 Å². The van der Waals surface area contributed by atoms with E-state index in [1.165, 1.54) is 11.3 Å². The van der Waals surface area contributed by atoms with Crippen molar-refractivity contribution in [2.75, 3.05) is 0 Å². The second kappa shape index (κ2) is 6.36. The Morgan fingerprint density at radius 1 is 1.25 bits per heavy atom. The highest BCUT2D eigenvalue weighted by molar-refractivity contribution is 7.13. The number of nitrogens with two attached hydrogens (primary N) is 1. The topological polar surface area (TPSA) is 66.6 Å². The normalized spacial score (nSPS) is 12.5. The van der Waals surface area contributed by atoms with Gasteiger partial charge in [-0.05, 0) is 30.7 Å². The number of amides is 2. The van der Waals surface area contributed by atoms with E-state index in [-0.39, 0.29) is 0 Å². The van der Waals surface area contributed by atoms with E-state index in [0.717, 1.165) is 15.3 Å². The molecule has 0 aliphatic carbocycles. The Kier molecular flexibility index (Phi) is 4.55. The number of primary amides is 1. The number of carbonyl (C=O) groups is 1. The van der Waals surface area contributed by atoms with Crippen LogP contribution >= 0.6 is 11.3 Å². The molecular formula is C15H16N2O2S. The van der Waals surface area contributed by atoms with E-state index in [9.17, 15) is 10.0 Å². The van der Waals surface area contributed by atoms with Gasteiger partial charge in [-0.25, -0.2) is 4.79 Å². The number of rotatable bonds is 4. The summed E-state index contributed by atoms with van der Waals surface area (Å²) in [6.07, 6.45) is 4.02. The number of hydrogen-bond donors (Lipinski definition) is 2. The van der Waals surface area contributed by atoms with Crippen molar-refractivity contribution in [3.8, 4) is 0 Å². The van der Waals surface area contributed by atoms with Crippen LogP contribution in [0.3, 0.4) is 0 Å². The third kappa shape index (κ3) is 3.46. The summed E-state index contributed by atoms with van der Waals surface area (Å²) in [7, 11) is 0. The minimum absolute atomic E-state index is 0.448. The van der Waals surface area contributed by atoms with Crippen LogP contribution in [0.1, 0.15) is 28.3 Å². The lowest BCUT2D eigenvalue weighted by Gasteiger charge is -2.18. The van der Waals surface area contributed by atoms with Gasteiger partial charge in [0.15, 0.2) is 0 Å². The first-order chi connectivity index (χ1) is 9.58. The molecule has 0 radical (unpaired) electrons. The van der Waals surface area contributed by atoms with E-state index in [2.05, 4.69) is 0 Å². The van der Waals surface area contributed by atoms with E-state index in [4.69, 9.17) is 5.73 Å². The van der Waals surface area contributed by atoms with Gasteiger partial charge in [-0.1, -0.05) is 36.4 Å². The molecule has 0 spiro atoms. The fourth-order valence-corrected chi connectivity index (χ4v) is 2.69. The maximum atomic E-state index is 10.9. The van der Waals surface area contributed by atoms with Crippen molar-refractivity contribution < 1.29 is 10.0 Å². The molecule has 0 fully saturated rings. The maximum Gasteiger partial charge on any atom is 0.339 e. The smallest absolute Gasteiger partial charge is 0.339 e. The van der Waals surface area contributed by atoms with Crippen LogP contribution in [-0.4, -0.2) is 16.3 Å². The molecule has 0 aliphatic rings. The van der Waals surface area contributed by atoms with Gasteiger partial charge in [0.2, 0.25) is 0 Å². The molecule has 20 heavy (non-hydrogen) atoms. The standard InChI is InChI=1S/C15H16N2O2S/c1-11(17(19)15(16)18)14-10-9-13(20-14)8-7-12-5-3-2-4-6-12/h2-11,19H,1H3,(H2,16,18)/b8-7+. The predicted molar refractivity (Wildman–Crippen MR) is 81.3 cm³/mol. The molecule has 2 aromatic rings. The summed E-state index contributed by atoms with van der Waals surface area (Å²) in [6.45, 7) is 1.72. The summed E-state index contributed by atoms with van der Waals surface area (Å²) < 4.78 is 0. The fraction of sp³-hybridized carbons (Fsp3) is 0.133. The summed E-state index contributed by atoms with van der Waals surface area (Å²) in [5.74, 6) is 0. The van der Waals surface area contributed by atoms with Crippen molar-refractivity contribution >= 4 is 29.5 Å². The maximum absolute atomic E-state index is 10.9. The third-order valence-electron chi connectivity index (χ3n) is 2.89. The Bertz CT molecular complexity index is 607. The SMILES string of the molecule is CC(c1ccc(/C=C/c2ccccc2)s1)N(O)C(N)=O. The second-order valence-electron chi connectivity index (χ2n) is 4.34. The number of benzene rings is 1. The van der Waals surface area contributed by atoms with Crippen LogP contribution in [0.4, 0.5) is 4.79 Å². The summed E-state index contributed by atoms with van der Waals surface area (Å²) in [5.41, 5.74) is 6.17. The van der Waals surface area contributed by atoms with E-state index in [1.807, 2.05) is 54.6 Å². The van der Waals surface area contributed by atoms with Crippen LogP contribution in [0.2, 0.25) is 0 Å². The molecule has 0 saturated carbocycles. The molecule has 2 amide bonds. The zero-order valence-corrected chi connectivity index (χ0v) is 11.9. The number of urea groups is 1. The summed E-state index contributed by atoms with van der Waals surface area (Å²) in [6, 6.07) is 12.5. The minimum Gasteiger partial charge on any atom is -0.350 e. The third-order valence-corrected chi connectivity index (χ3v) is 4.11. The summed E-state index contributed by atoms with van der Waals surface area (Å²) in [4.78, 5) is 12.8. The average Bonchev–Trinajstić information content (AvgIpc) is 2.93. The molecule has 0 saturated heterocycles. The van der Waals surface area contributed by atoms with Gasteiger partial charge < -0.3 is 5.73 Å². The average molecular weight is 288 g/mol. The quantitative estimate of drug-likeness (QED) is 0.664. The number of thiophene rings is 1. The van der Waals surface area contributed by atoms with Crippen molar-refractivity contribution in [2.24, 2.45) is 5.73 Å². The van der Waals surface area contributed by atoms with Crippen LogP contribution in [0, 0.1) is 0 Å². The van der Waals surface area contributed by atoms with Crippen LogP contribution in [0.5, 0.6) is 0 Å². The Balaban J connectivity index is 2.09. The Morgan fingerprint density at radius 3 is 2.60 bits per heavy atom. The Morgan fingerprint density at radius 2 is 1.95 bits per heavy atom. The van der Waals surface area contributed by atoms with Crippen LogP contribution < -0.4 is 5.73 Å². The van der Waals surface area contributed by atoms with Gasteiger partial charge in [0.25, 0.3) is 0 Å². The molecule has 0 bridgehead atoms. The second-order valence-corrected chi connectivity index (χ2v) is 5.49. The lowest BCUT2D eigenvalue weighted by molar-refractivity contribution is -0.0700. The summed E-state index contributed by atoms with van der Waals surface area (Å²) in [5, 5.41) is 10.1. The van der Waals surface area contributed by atoms with E-state index >= 15 is 0 Å². The van der Waals surface area contributed by atoms with Crippen LogP contribution in [-0.2, 0) is 0 Å². The molecule has 2 rings (SSSR count). The lowest BCUT2D eigenvalue weighted by Crippen LogP contribution is -2.34. The monoisotopic (exact) mass is 288 g/mol. The number of hydrogen-bond acceptors (Lipinski definition) is 3. The van der Waals surface area contributed by atoms with Crippen LogP contribution in [0.25, 0.3) is 12.2 Å². The van der Waals surface area contributed by atoms with Gasteiger partial charge in [0, 0.05) is 9.75 Å². The molecule has 4 nitrogen and oxygen atoms in total. The Labute approximate surface area is 121 Å². The van der Waals surface area contributed by atoms with E-state index in [1.54, 1.807) is 6.92 Å². The molecule has 1 atom stereocenters. The van der Waals surface area contributed by atoms with Gasteiger partial charge in [0.05, 0.1) is 6.04 Å². The number of hydroxylamine groups is 2.